The maximum absolute atomic E-state index is 12.9. The number of primary amides is 1. The van der Waals surface area contributed by atoms with Crippen molar-refractivity contribution >= 4 is 29.3 Å². The number of nitrogens with zero attached hydrogens (tertiary/aromatic N) is 2. The van der Waals surface area contributed by atoms with Crippen molar-refractivity contribution in [1.82, 2.24) is 20.4 Å². The van der Waals surface area contributed by atoms with E-state index in [4.69, 9.17) is 5.73 Å². The second-order valence-corrected chi connectivity index (χ2v) is 10.3. The van der Waals surface area contributed by atoms with E-state index in [-0.39, 0.29) is 30.9 Å². The highest BCUT2D eigenvalue weighted by Gasteiger charge is 2.26. The molecule has 0 fully saturated rings. The van der Waals surface area contributed by atoms with Gasteiger partial charge in [-0.05, 0) is 23.6 Å². The van der Waals surface area contributed by atoms with Gasteiger partial charge in [-0.2, -0.15) is 5.26 Å². The lowest BCUT2D eigenvalue weighted by atomic mass is 10.0. The monoisotopic (exact) mass is 521 g/mol. The van der Waals surface area contributed by atoms with Crippen molar-refractivity contribution in [3.05, 3.63) is 65.2 Å². The molecule has 0 spiro atoms. The van der Waals surface area contributed by atoms with Crippen molar-refractivity contribution in [2.24, 2.45) is 11.7 Å². The van der Waals surface area contributed by atoms with Crippen LogP contribution in [0.4, 0.5) is 5.69 Å². The Morgan fingerprint density at radius 1 is 1.00 bits per heavy atom. The van der Waals surface area contributed by atoms with Crippen LogP contribution in [0.5, 0.6) is 0 Å². The molecule has 2 aromatic carbocycles. The Labute approximate surface area is 223 Å². The molecule has 202 valence electrons. The van der Waals surface area contributed by atoms with Gasteiger partial charge in [0.2, 0.25) is 17.7 Å². The standard InChI is InChI=1S/C28H36N6O4/c1-18(2)25(33-27(37)20-11-12-23(34(3,4)5)21(16-20)17-29)28(38)31-14-13-24(35)32-22(26(30)36)15-19-9-7-6-8-10-19/h6-12,16,18,22,25H,13-15H2,1-5H3,(H4-,30,31,32,33,35,36,37,38)/p+1/t22-,25-/m0/s1. The highest BCUT2D eigenvalue weighted by molar-refractivity contribution is 5.98. The molecule has 5 N–H and O–H groups in total. The van der Waals surface area contributed by atoms with Gasteiger partial charge in [0.1, 0.15) is 29.4 Å². The second kappa shape index (κ2) is 13.4. The Hall–Kier alpha value is -4.23. The highest BCUT2D eigenvalue weighted by atomic mass is 16.2. The number of nitrogens with one attached hydrogen (secondary N) is 3. The first-order chi connectivity index (χ1) is 17.8. The molecule has 0 aliphatic heterocycles. The van der Waals surface area contributed by atoms with Crippen LogP contribution in [0.1, 0.15) is 41.8 Å². The van der Waals surface area contributed by atoms with Crippen LogP contribution >= 0.6 is 0 Å². The number of benzene rings is 2. The Balaban J connectivity index is 1.95. The quantitative estimate of drug-likeness (QED) is 0.309. The lowest BCUT2D eigenvalue weighted by Gasteiger charge is -2.25. The zero-order valence-electron chi connectivity index (χ0n) is 22.6. The Morgan fingerprint density at radius 3 is 2.21 bits per heavy atom. The molecule has 0 aliphatic rings. The van der Waals surface area contributed by atoms with Crippen LogP contribution in [-0.2, 0) is 20.8 Å². The molecule has 10 nitrogen and oxygen atoms in total. The third-order valence-electron chi connectivity index (χ3n) is 5.95. The SMILES string of the molecule is CC(C)[C@H](NC(=O)c1ccc([N+](C)(C)C)c(C#N)c1)C(=O)NCCC(=O)N[C@@H](Cc1ccccc1)C(N)=O. The number of nitriles is 1. The predicted molar refractivity (Wildman–Crippen MR) is 146 cm³/mol. The van der Waals surface area contributed by atoms with E-state index in [9.17, 15) is 24.4 Å². The fourth-order valence-corrected chi connectivity index (χ4v) is 3.86. The molecule has 0 bridgehead atoms. The van der Waals surface area contributed by atoms with Gasteiger partial charge in [-0.1, -0.05) is 44.2 Å². The fourth-order valence-electron chi connectivity index (χ4n) is 3.86. The van der Waals surface area contributed by atoms with Gasteiger partial charge >= 0.3 is 0 Å². The summed E-state index contributed by atoms with van der Waals surface area (Å²) in [4.78, 5) is 49.9. The van der Waals surface area contributed by atoms with Gasteiger partial charge in [-0.25, -0.2) is 0 Å². The van der Waals surface area contributed by atoms with Gasteiger partial charge in [0.25, 0.3) is 5.91 Å². The van der Waals surface area contributed by atoms with E-state index in [1.54, 1.807) is 26.0 Å². The van der Waals surface area contributed by atoms with Crippen molar-refractivity contribution in [3.63, 3.8) is 0 Å². The van der Waals surface area contributed by atoms with Crippen molar-refractivity contribution < 1.29 is 19.2 Å². The van der Waals surface area contributed by atoms with Crippen LogP contribution in [0.3, 0.4) is 0 Å². The highest BCUT2D eigenvalue weighted by Crippen LogP contribution is 2.23. The molecule has 0 heterocycles. The lowest BCUT2D eigenvalue weighted by Crippen LogP contribution is -2.50. The van der Waals surface area contributed by atoms with Crippen LogP contribution in [0.25, 0.3) is 0 Å². The number of nitrogens with two attached hydrogens (primary N) is 1. The summed E-state index contributed by atoms with van der Waals surface area (Å²) in [5.74, 6) is -2.25. The number of carbonyl (C=O) groups is 4. The van der Waals surface area contributed by atoms with E-state index < -0.39 is 35.7 Å². The molecule has 0 unspecified atom stereocenters. The number of hydrogen-bond donors (Lipinski definition) is 4. The van der Waals surface area contributed by atoms with Gasteiger partial charge in [0.05, 0.1) is 21.1 Å². The van der Waals surface area contributed by atoms with Crippen molar-refractivity contribution in [2.75, 3.05) is 27.7 Å². The number of quaternary nitrogens is 1. The maximum atomic E-state index is 12.9. The number of hydrogen-bond acceptors (Lipinski definition) is 5. The molecular weight excluding hydrogens is 484 g/mol. The minimum Gasteiger partial charge on any atom is -0.368 e. The zero-order chi connectivity index (χ0) is 28.5. The van der Waals surface area contributed by atoms with Gasteiger partial charge in [-0.15, -0.1) is 0 Å². The van der Waals surface area contributed by atoms with E-state index in [1.807, 2.05) is 51.5 Å². The first-order valence-electron chi connectivity index (χ1n) is 12.4. The average Bonchev–Trinajstić information content (AvgIpc) is 2.86. The molecule has 0 aliphatic carbocycles. The molecule has 0 saturated heterocycles. The maximum Gasteiger partial charge on any atom is 0.251 e. The van der Waals surface area contributed by atoms with E-state index in [0.717, 1.165) is 11.3 Å². The minimum absolute atomic E-state index is 0.0113. The topological polar surface area (TPSA) is 154 Å². The first kappa shape index (κ1) is 30.0. The molecule has 4 amide bonds. The third-order valence-corrected chi connectivity index (χ3v) is 5.95. The molecule has 10 heteroatoms. The Kier molecular flexibility index (Phi) is 10.5. The summed E-state index contributed by atoms with van der Waals surface area (Å²) in [7, 11) is 5.77. The van der Waals surface area contributed by atoms with Gasteiger partial charge in [-0.3, -0.25) is 23.7 Å². The Bertz CT molecular complexity index is 1200. The number of carbonyl (C=O) groups excluding carboxylic acids is 4. The van der Waals surface area contributed by atoms with Gasteiger partial charge in [0, 0.05) is 31.0 Å². The number of rotatable bonds is 12. The molecular formula is C28H37N6O4+. The van der Waals surface area contributed by atoms with Crippen LogP contribution in [0.2, 0.25) is 0 Å². The molecule has 2 rings (SSSR count). The van der Waals surface area contributed by atoms with Crippen molar-refractivity contribution in [2.45, 2.75) is 38.8 Å². The van der Waals surface area contributed by atoms with E-state index in [0.29, 0.717) is 10.0 Å². The molecule has 2 atom stereocenters. The van der Waals surface area contributed by atoms with Crippen molar-refractivity contribution in [1.29, 1.82) is 5.26 Å². The second-order valence-electron chi connectivity index (χ2n) is 10.3. The molecule has 0 radical (unpaired) electrons. The van der Waals surface area contributed by atoms with Crippen LogP contribution in [0.15, 0.2) is 48.5 Å². The summed E-state index contributed by atoms with van der Waals surface area (Å²) in [5, 5.41) is 17.5. The van der Waals surface area contributed by atoms with Crippen LogP contribution in [-0.4, -0.2) is 63.4 Å². The third kappa shape index (κ3) is 8.71. The fraction of sp³-hybridized carbons (Fsp3) is 0.393. The minimum atomic E-state index is -0.870. The molecule has 2 aromatic rings. The first-order valence-corrected chi connectivity index (χ1v) is 12.4. The molecule has 38 heavy (non-hydrogen) atoms. The zero-order valence-corrected chi connectivity index (χ0v) is 22.6. The van der Waals surface area contributed by atoms with Gasteiger partial charge < -0.3 is 21.7 Å². The lowest BCUT2D eigenvalue weighted by molar-refractivity contribution is -0.127. The summed E-state index contributed by atoms with van der Waals surface area (Å²) in [6.07, 6.45) is 0.195. The summed E-state index contributed by atoms with van der Waals surface area (Å²) < 4.78 is 0.418. The number of amides is 4. The summed E-state index contributed by atoms with van der Waals surface area (Å²) >= 11 is 0. The smallest absolute Gasteiger partial charge is 0.251 e. The summed E-state index contributed by atoms with van der Waals surface area (Å²) in [6.45, 7) is 3.59. The van der Waals surface area contributed by atoms with E-state index in [2.05, 4.69) is 22.0 Å². The van der Waals surface area contributed by atoms with Gasteiger partial charge in [0.15, 0.2) is 0 Å². The largest absolute Gasteiger partial charge is 0.368 e. The average molecular weight is 522 g/mol. The molecule has 0 saturated carbocycles. The summed E-state index contributed by atoms with van der Waals surface area (Å²) in [6, 6.07) is 14.4. The van der Waals surface area contributed by atoms with Crippen molar-refractivity contribution in [3.8, 4) is 6.07 Å². The summed E-state index contributed by atoms with van der Waals surface area (Å²) in [5.41, 5.74) is 7.71. The normalized spacial score (nSPS) is 12.7. The predicted octanol–water partition coefficient (Wildman–Crippen LogP) is 1.23. The van der Waals surface area contributed by atoms with E-state index in [1.165, 1.54) is 6.07 Å². The molecule has 0 aromatic heterocycles. The van der Waals surface area contributed by atoms with Crippen LogP contribution in [0, 0.1) is 17.2 Å². The van der Waals surface area contributed by atoms with E-state index >= 15 is 0 Å². The Morgan fingerprint density at radius 2 is 1.66 bits per heavy atom. The van der Waals surface area contributed by atoms with Crippen LogP contribution < -0.4 is 26.2 Å².